The van der Waals surface area contributed by atoms with E-state index in [4.69, 9.17) is 9.47 Å². The van der Waals surface area contributed by atoms with Crippen LogP contribution in [0, 0.1) is 0 Å². The van der Waals surface area contributed by atoms with Gasteiger partial charge >= 0.3 is 11.9 Å². The van der Waals surface area contributed by atoms with Crippen molar-refractivity contribution in [2.75, 3.05) is 18.6 Å². The number of carbonyl (C=O) groups is 3. The van der Waals surface area contributed by atoms with E-state index in [1.165, 1.54) is 4.57 Å². The van der Waals surface area contributed by atoms with E-state index >= 15 is 0 Å². The summed E-state index contributed by atoms with van der Waals surface area (Å²) in [6, 6.07) is 12.9. The number of anilines is 1. The highest BCUT2D eigenvalue weighted by Crippen LogP contribution is 2.35. The predicted molar refractivity (Wildman–Crippen MR) is 143 cm³/mol. The number of fused-ring (bicyclic) bond motifs is 2. The van der Waals surface area contributed by atoms with Crippen molar-refractivity contribution in [3.8, 4) is 5.75 Å². The molecule has 1 atom stereocenters. The Labute approximate surface area is 226 Å². The van der Waals surface area contributed by atoms with Gasteiger partial charge in [-0.15, -0.1) is 0 Å². The minimum absolute atomic E-state index is 0.108. The van der Waals surface area contributed by atoms with Crippen LogP contribution in [-0.4, -0.2) is 47.3 Å². The lowest BCUT2D eigenvalue weighted by Gasteiger charge is -2.25. The van der Waals surface area contributed by atoms with Gasteiger partial charge in [0, 0.05) is 5.56 Å². The lowest BCUT2D eigenvalue weighted by molar-refractivity contribution is -0.143. The SMILES string of the molecule is COc1ccc([C@@H]2C(C(=O)OC(C)C)=C(C)N=c3s/c(=C4\C(=O)N(CC(=O)O)c5ccccc54)c(=O)n32)cc1. The van der Waals surface area contributed by atoms with Gasteiger partial charge in [-0.1, -0.05) is 41.7 Å². The summed E-state index contributed by atoms with van der Waals surface area (Å²) in [5.41, 5.74) is 1.70. The Kier molecular flexibility index (Phi) is 6.69. The van der Waals surface area contributed by atoms with Gasteiger partial charge < -0.3 is 14.6 Å². The number of benzene rings is 2. The van der Waals surface area contributed by atoms with Crippen LogP contribution in [0.3, 0.4) is 0 Å². The number of carbonyl (C=O) groups excluding carboxylic acids is 2. The molecule has 0 spiro atoms. The predicted octanol–water partition coefficient (Wildman–Crippen LogP) is 2.00. The van der Waals surface area contributed by atoms with Gasteiger partial charge in [-0.3, -0.25) is 23.9 Å². The highest BCUT2D eigenvalue weighted by Gasteiger charge is 2.38. The molecule has 1 amide bonds. The van der Waals surface area contributed by atoms with E-state index in [-0.39, 0.29) is 15.7 Å². The third-order valence-corrected chi connectivity index (χ3v) is 7.49. The van der Waals surface area contributed by atoms with Gasteiger partial charge in [0.2, 0.25) is 0 Å². The third-order valence-electron chi connectivity index (χ3n) is 6.44. The zero-order chi connectivity index (χ0) is 28.0. The Morgan fingerprint density at radius 1 is 1.10 bits per heavy atom. The van der Waals surface area contributed by atoms with Crippen LogP contribution < -0.4 is 24.5 Å². The minimum Gasteiger partial charge on any atom is -0.497 e. The molecule has 1 N–H and O–H groups in total. The molecule has 1 aromatic heterocycles. The van der Waals surface area contributed by atoms with E-state index in [9.17, 15) is 24.3 Å². The molecule has 0 aliphatic carbocycles. The molecule has 11 heteroatoms. The number of hydrogen-bond donors (Lipinski definition) is 1. The number of para-hydroxylation sites is 1. The molecule has 0 fully saturated rings. The van der Waals surface area contributed by atoms with Crippen molar-refractivity contribution in [2.24, 2.45) is 4.99 Å². The number of methoxy groups -OCH3 is 1. The molecule has 0 unspecified atom stereocenters. The standard InChI is InChI=1S/C28H25N3O7S/c1-14(2)38-27(36)21-15(3)29-28-31(23(21)16-9-11-17(37-4)12-10-16)26(35)24(39-28)22-18-7-5-6-8-19(18)30(25(22)34)13-20(32)33/h5-12,14,23H,13H2,1-4H3,(H,32,33)/b24-22-/t23-/m1/s1. The Bertz CT molecular complexity index is 1730. The van der Waals surface area contributed by atoms with Crippen molar-refractivity contribution >= 4 is 40.4 Å². The molecular formula is C28H25N3O7S. The molecular weight excluding hydrogens is 522 g/mol. The van der Waals surface area contributed by atoms with E-state index in [2.05, 4.69) is 4.99 Å². The normalized spacial score (nSPS) is 17.6. The lowest BCUT2D eigenvalue weighted by Crippen LogP contribution is -2.41. The second-order valence-corrected chi connectivity index (χ2v) is 10.3. The number of amides is 1. The highest BCUT2D eigenvalue weighted by atomic mass is 32.1. The number of allylic oxidation sites excluding steroid dienone is 1. The Hall–Kier alpha value is -4.51. The van der Waals surface area contributed by atoms with Gasteiger partial charge in [-0.05, 0) is 44.5 Å². The van der Waals surface area contributed by atoms with Crippen molar-refractivity contribution in [1.29, 1.82) is 0 Å². The van der Waals surface area contributed by atoms with E-state index in [0.717, 1.165) is 16.2 Å². The molecule has 10 nitrogen and oxygen atoms in total. The molecule has 2 aromatic carbocycles. The fourth-order valence-corrected chi connectivity index (χ4v) is 5.94. The van der Waals surface area contributed by atoms with Gasteiger partial charge in [0.1, 0.15) is 16.8 Å². The average Bonchev–Trinajstić information content (AvgIpc) is 3.35. The van der Waals surface area contributed by atoms with E-state index in [0.29, 0.717) is 33.1 Å². The van der Waals surface area contributed by atoms with Crippen molar-refractivity contribution in [1.82, 2.24) is 4.57 Å². The number of ether oxygens (including phenoxy) is 2. The summed E-state index contributed by atoms with van der Waals surface area (Å²) in [7, 11) is 1.54. The summed E-state index contributed by atoms with van der Waals surface area (Å²) >= 11 is 1.03. The van der Waals surface area contributed by atoms with Crippen molar-refractivity contribution < 1.29 is 29.0 Å². The highest BCUT2D eigenvalue weighted by molar-refractivity contribution is 7.07. The molecule has 3 aromatic rings. The summed E-state index contributed by atoms with van der Waals surface area (Å²) < 4.78 is 12.3. The zero-order valence-corrected chi connectivity index (χ0v) is 22.4. The molecule has 0 bridgehead atoms. The first kappa shape index (κ1) is 26.1. The second-order valence-electron chi connectivity index (χ2n) is 9.31. The maximum Gasteiger partial charge on any atom is 0.338 e. The molecule has 39 heavy (non-hydrogen) atoms. The molecule has 2 aliphatic heterocycles. The van der Waals surface area contributed by atoms with Crippen LogP contribution in [0.15, 0.2) is 69.6 Å². The Balaban J connectivity index is 1.78. The molecule has 0 saturated heterocycles. The first-order valence-corrected chi connectivity index (χ1v) is 13.0. The number of aromatic nitrogens is 1. The minimum atomic E-state index is -1.18. The third kappa shape index (κ3) is 4.44. The largest absolute Gasteiger partial charge is 0.497 e. The molecule has 0 radical (unpaired) electrons. The number of esters is 1. The summed E-state index contributed by atoms with van der Waals surface area (Å²) in [5.74, 6) is -1.75. The van der Waals surface area contributed by atoms with Crippen LogP contribution in [0.25, 0.3) is 5.57 Å². The molecule has 2 aliphatic rings. The Morgan fingerprint density at radius 3 is 2.44 bits per heavy atom. The van der Waals surface area contributed by atoms with Gasteiger partial charge in [-0.25, -0.2) is 9.79 Å². The van der Waals surface area contributed by atoms with Crippen molar-refractivity contribution in [3.63, 3.8) is 0 Å². The lowest BCUT2D eigenvalue weighted by atomic mass is 9.95. The monoisotopic (exact) mass is 547 g/mol. The molecule has 0 saturated carbocycles. The topological polar surface area (TPSA) is 128 Å². The first-order valence-electron chi connectivity index (χ1n) is 12.2. The molecule has 3 heterocycles. The fraction of sp³-hybridized carbons (Fsp3) is 0.250. The van der Waals surface area contributed by atoms with E-state index in [1.54, 1.807) is 76.4 Å². The Morgan fingerprint density at radius 2 is 1.79 bits per heavy atom. The zero-order valence-electron chi connectivity index (χ0n) is 21.6. The van der Waals surface area contributed by atoms with Crippen LogP contribution in [0.5, 0.6) is 5.75 Å². The maximum atomic E-state index is 14.1. The number of nitrogens with zero attached hydrogens (tertiary/aromatic N) is 3. The van der Waals surface area contributed by atoms with Crippen LogP contribution in [-0.2, 0) is 19.1 Å². The first-order chi connectivity index (χ1) is 18.6. The van der Waals surface area contributed by atoms with Gasteiger partial charge in [0.05, 0.1) is 41.8 Å². The summed E-state index contributed by atoms with van der Waals surface area (Å²) in [5, 5.41) is 9.39. The smallest absolute Gasteiger partial charge is 0.338 e. The summed E-state index contributed by atoms with van der Waals surface area (Å²) in [6.45, 7) is 4.60. The van der Waals surface area contributed by atoms with E-state index in [1.807, 2.05) is 0 Å². The number of carboxylic acid groups (broad SMARTS) is 1. The quantitative estimate of drug-likeness (QED) is 0.468. The number of aliphatic carboxylic acids is 1. The average molecular weight is 548 g/mol. The van der Waals surface area contributed by atoms with E-state index < -0.39 is 42.1 Å². The van der Waals surface area contributed by atoms with Gasteiger partial charge in [-0.2, -0.15) is 0 Å². The number of thiazole rings is 1. The molecule has 200 valence electrons. The van der Waals surface area contributed by atoms with Crippen LogP contribution in [0.1, 0.15) is 37.9 Å². The van der Waals surface area contributed by atoms with Crippen LogP contribution in [0.2, 0.25) is 0 Å². The number of rotatable bonds is 6. The number of hydrogen-bond acceptors (Lipinski definition) is 8. The maximum absolute atomic E-state index is 14.1. The van der Waals surface area contributed by atoms with Crippen LogP contribution >= 0.6 is 11.3 Å². The van der Waals surface area contributed by atoms with Gasteiger partial charge in [0.25, 0.3) is 11.5 Å². The summed E-state index contributed by atoms with van der Waals surface area (Å²) in [4.78, 5) is 58.4. The second kappa shape index (κ2) is 9.99. The van der Waals surface area contributed by atoms with Crippen molar-refractivity contribution in [3.05, 3.63) is 90.6 Å². The van der Waals surface area contributed by atoms with Crippen LogP contribution in [0.4, 0.5) is 5.69 Å². The number of carboxylic acids is 1. The fourth-order valence-electron chi connectivity index (χ4n) is 4.80. The van der Waals surface area contributed by atoms with Gasteiger partial charge in [0.15, 0.2) is 4.80 Å². The molecule has 5 rings (SSSR count). The summed E-state index contributed by atoms with van der Waals surface area (Å²) in [6.07, 6.45) is -0.395. The van der Waals surface area contributed by atoms with Crippen molar-refractivity contribution in [2.45, 2.75) is 32.9 Å².